The fraction of sp³-hybridized carbons (Fsp3) is 0.125. The fourth-order valence-electron chi connectivity index (χ4n) is 1.23. The number of halogens is 1. The van der Waals surface area contributed by atoms with Crippen LogP contribution in [0.1, 0.15) is 5.56 Å². The average Bonchev–Trinajstić information content (AvgIpc) is 2.33. The monoisotopic (exact) mass is 225 g/mol. The van der Waals surface area contributed by atoms with Gasteiger partial charge in [0.15, 0.2) is 5.82 Å². The Morgan fingerprint density at radius 2 is 2.25 bits per heavy atom. The molecule has 3 N–H and O–H groups in total. The van der Waals surface area contributed by atoms with Gasteiger partial charge in [-0.25, -0.2) is 0 Å². The lowest BCUT2D eigenvalue weighted by Gasteiger charge is -1.96. The predicted molar refractivity (Wildman–Crippen MR) is 52.9 cm³/mol. The Morgan fingerprint density at radius 3 is 3.00 bits per heavy atom. The topological polar surface area (TPSA) is 54.7 Å². The van der Waals surface area contributed by atoms with E-state index >= 15 is 0 Å². The first kappa shape index (κ1) is 7.61. The average molecular weight is 226 g/mol. The Labute approximate surface area is 78.1 Å². The van der Waals surface area contributed by atoms with E-state index in [-0.39, 0.29) is 0 Å². The van der Waals surface area contributed by atoms with Gasteiger partial charge < -0.3 is 5.73 Å². The predicted octanol–water partition coefficient (Wildman–Crippen LogP) is 2.22. The number of nitrogen functional groups attached to an aromatic ring is 1. The molecule has 12 heavy (non-hydrogen) atoms. The number of anilines is 1. The van der Waals surface area contributed by atoms with E-state index in [0.717, 1.165) is 15.4 Å². The molecule has 0 radical (unpaired) electrons. The van der Waals surface area contributed by atoms with Gasteiger partial charge in [0.1, 0.15) is 0 Å². The van der Waals surface area contributed by atoms with Gasteiger partial charge in [0.2, 0.25) is 0 Å². The van der Waals surface area contributed by atoms with Crippen LogP contribution < -0.4 is 5.73 Å². The summed E-state index contributed by atoms with van der Waals surface area (Å²) in [4.78, 5) is 0. The molecule has 0 saturated heterocycles. The van der Waals surface area contributed by atoms with Crippen molar-refractivity contribution < 1.29 is 0 Å². The van der Waals surface area contributed by atoms with Crippen molar-refractivity contribution in [3.05, 3.63) is 22.2 Å². The lowest BCUT2D eigenvalue weighted by molar-refractivity contribution is 1.12. The van der Waals surface area contributed by atoms with Crippen molar-refractivity contribution in [1.82, 2.24) is 10.2 Å². The van der Waals surface area contributed by atoms with Gasteiger partial charge in [0.25, 0.3) is 0 Å². The number of nitrogens with zero attached hydrogens (tertiary/aromatic N) is 1. The Kier molecular flexibility index (Phi) is 1.58. The molecule has 0 fully saturated rings. The van der Waals surface area contributed by atoms with Crippen molar-refractivity contribution in [2.24, 2.45) is 0 Å². The standard InChI is InChI=1S/C8H8BrN3/c1-4-2-5-7(6(9)3-4)11-12-8(5)10/h2-3H,1H3,(H3,10,11,12). The number of benzene rings is 1. The van der Waals surface area contributed by atoms with Crippen LogP contribution in [0.5, 0.6) is 0 Å². The summed E-state index contributed by atoms with van der Waals surface area (Å²) >= 11 is 3.43. The van der Waals surface area contributed by atoms with E-state index in [1.807, 2.05) is 19.1 Å². The number of nitrogens with two attached hydrogens (primary N) is 1. The minimum Gasteiger partial charge on any atom is -0.382 e. The fourth-order valence-corrected chi connectivity index (χ4v) is 1.90. The molecule has 4 heteroatoms. The maximum absolute atomic E-state index is 5.65. The molecule has 0 aliphatic rings. The van der Waals surface area contributed by atoms with Gasteiger partial charge in [-0.1, -0.05) is 0 Å². The number of aryl methyl sites for hydroxylation is 1. The van der Waals surface area contributed by atoms with Gasteiger partial charge >= 0.3 is 0 Å². The largest absolute Gasteiger partial charge is 0.382 e. The van der Waals surface area contributed by atoms with Crippen molar-refractivity contribution in [3.63, 3.8) is 0 Å². The van der Waals surface area contributed by atoms with Gasteiger partial charge in [-0.3, -0.25) is 5.10 Å². The molecule has 0 amide bonds. The highest BCUT2D eigenvalue weighted by atomic mass is 79.9. The number of hydrogen-bond donors (Lipinski definition) is 2. The Hall–Kier alpha value is -1.03. The van der Waals surface area contributed by atoms with Crippen LogP contribution in [0, 0.1) is 6.92 Å². The van der Waals surface area contributed by atoms with E-state index in [0.29, 0.717) is 5.82 Å². The van der Waals surface area contributed by atoms with Crippen LogP contribution in [0.3, 0.4) is 0 Å². The summed E-state index contributed by atoms with van der Waals surface area (Å²) in [6.45, 7) is 2.02. The summed E-state index contributed by atoms with van der Waals surface area (Å²) < 4.78 is 1.00. The van der Waals surface area contributed by atoms with Crippen LogP contribution in [-0.2, 0) is 0 Å². The zero-order chi connectivity index (χ0) is 8.72. The molecule has 1 aromatic carbocycles. The van der Waals surface area contributed by atoms with Crippen molar-refractivity contribution in [2.45, 2.75) is 6.92 Å². The minimum atomic E-state index is 0.550. The highest BCUT2D eigenvalue weighted by molar-refractivity contribution is 9.10. The number of hydrogen-bond acceptors (Lipinski definition) is 2. The van der Waals surface area contributed by atoms with E-state index in [9.17, 15) is 0 Å². The van der Waals surface area contributed by atoms with E-state index in [1.165, 1.54) is 5.56 Å². The zero-order valence-electron chi connectivity index (χ0n) is 6.56. The maximum atomic E-state index is 5.65. The number of aromatic nitrogens is 2. The highest BCUT2D eigenvalue weighted by Gasteiger charge is 2.05. The first-order valence-electron chi connectivity index (χ1n) is 3.58. The maximum Gasteiger partial charge on any atom is 0.153 e. The second kappa shape index (κ2) is 2.48. The molecule has 0 unspecified atom stereocenters. The summed E-state index contributed by atoms with van der Waals surface area (Å²) in [6.07, 6.45) is 0. The summed E-state index contributed by atoms with van der Waals surface area (Å²) in [5, 5.41) is 7.76. The van der Waals surface area contributed by atoms with Crippen LogP contribution in [0.4, 0.5) is 5.82 Å². The van der Waals surface area contributed by atoms with Crippen LogP contribution >= 0.6 is 15.9 Å². The summed E-state index contributed by atoms with van der Waals surface area (Å²) in [6, 6.07) is 4.04. The molecule has 0 bridgehead atoms. The molecule has 0 aliphatic heterocycles. The first-order valence-corrected chi connectivity index (χ1v) is 4.37. The zero-order valence-corrected chi connectivity index (χ0v) is 8.14. The van der Waals surface area contributed by atoms with Gasteiger partial charge in [-0.05, 0) is 40.5 Å². The summed E-state index contributed by atoms with van der Waals surface area (Å²) in [5.41, 5.74) is 7.78. The van der Waals surface area contributed by atoms with Gasteiger partial charge in [0, 0.05) is 9.86 Å². The Balaban J connectivity index is 2.92. The van der Waals surface area contributed by atoms with Gasteiger partial charge in [0.05, 0.1) is 5.52 Å². The number of aromatic amines is 1. The van der Waals surface area contributed by atoms with Crippen molar-refractivity contribution in [2.75, 3.05) is 5.73 Å². The molecule has 1 heterocycles. The van der Waals surface area contributed by atoms with Crippen LogP contribution in [0.2, 0.25) is 0 Å². The van der Waals surface area contributed by atoms with E-state index in [2.05, 4.69) is 26.1 Å². The third-order valence-corrected chi connectivity index (χ3v) is 2.42. The molecular weight excluding hydrogens is 218 g/mol. The van der Waals surface area contributed by atoms with Crippen LogP contribution in [0.15, 0.2) is 16.6 Å². The first-order chi connectivity index (χ1) is 5.68. The van der Waals surface area contributed by atoms with Crippen molar-refractivity contribution >= 4 is 32.7 Å². The van der Waals surface area contributed by atoms with E-state index in [4.69, 9.17) is 5.73 Å². The normalized spacial score (nSPS) is 10.8. The highest BCUT2D eigenvalue weighted by Crippen LogP contribution is 2.26. The van der Waals surface area contributed by atoms with E-state index in [1.54, 1.807) is 0 Å². The van der Waals surface area contributed by atoms with Crippen molar-refractivity contribution in [3.8, 4) is 0 Å². The molecule has 62 valence electrons. The Bertz CT molecular complexity index is 433. The minimum absolute atomic E-state index is 0.550. The number of fused-ring (bicyclic) bond motifs is 1. The second-order valence-corrected chi connectivity index (χ2v) is 3.63. The number of H-pyrrole nitrogens is 1. The van der Waals surface area contributed by atoms with E-state index < -0.39 is 0 Å². The molecule has 1 aromatic heterocycles. The summed E-state index contributed by atoms with van der Waals surface area (Å²) in [5.74, 6) is 0.550. The third-order valence-electron chi connectivity index (χ3n) is 1.80. The molecule has 2 rings (SSSR count). The lowest BCUT2D eigenvalue weighted by Crippen LogP contribution is -1.84. The lowest BCUT2D eigenvalue weighted by atomic mass is 10.2. The van der Waals surface area contributed by atoms with Gasteiger partial charge in [-0.15, -0.1) is 0 Å². The molecule has 0 spiro atoms. The van der Waals surface area contributed by atoms with Crippen LogP contribution in [-0.4, -0.2) is 10.2 Å². The molecular formula is C8H8BrN3. The third kappa shape index (κ3) is 0.992. The quantitative estimate of drug-likeness (QED) is 0.723. The van der Waals surface area contributed by atoms with Crippen LogP contribution in [0.25, 0.3) is 10.9 Å². The molecule has 3 nitrogen and oxygen atoms in total. The smallest absolute Gasteiger partial charge is 0.153 e. The summed E-state index contributed by atoms with van der Waals surface area (Å²) in [7, 11) is 0. The van der Waals surface area contributed by atoms with Gasteiger partial charge in [-0.2, -0.15) is 5.10 Å². The number of nitrogens with one attached hydrogen (secondary N) is 1. The Morgan fingerprint density at radius 1 is 1.50 bits per heavy atom. The SMILES string of the molecule is Cc1cc(Br)c2[nH]nc(N)c2c1. The molecule has 0 aliphatic carbocycles. The molecule has 2 aromatic rings. The van der Waals surface area contributed by atoms with Crippen molar-refractivity contribution in [1.29, 1.82) is 0 Å². The molecule has 0 saturated carbocycles. The second-order valence-electron chi connectivity index (χ2n) is 2.78. The number of rotatable bonds is 0. The molecule has 0 atom stereocenters.